The quantitative estimate of drug-likeness (QED) is 0.805. The van der Waals surface area contributed by atoms with Crippen LogP contribution < -0.4 is 10.5 Å². The molecule has 108 valence electrons. The van der Waals surface area contributed by atoms with Crippen molar-refractivity contribution < 1.29 is 0 Å². The Labute approximate surface area is 128 Å². The lowest BCUT2D eigenvalue weighted by atomic mass is 10.2. The van der Waals surface area contributed by atoms with E-state index >= 15 is 0 Å². The van der Waals surface area contributed by atoms with E-state index in [0.717, 1.165) is 6.54 Å². The monoisotopic (exact) mass is 303 g/mol. The molecule has 0 amide bonds. The molecule has 1 unspecified atom stereocenters. The maximum atomic E-state index is 3.61. The van der Waals surface area contributed by atoms with E-state index in [1.165, 1.54) is 20.5 Å². The first-order valence-corrected chi connectivity index (χ1v) is 11.6. The molecule has 0 spiro atoms. The molecule has 0 saturated carbocycles. The Kier molecular flexibility index (Phi) is 4.84. The minimum absolute atomic E-state index is 0.422. The van der Waals surface area contributed by atoms with Gasteiger partial charge in [-0.05, 0) is 31.5 Å². The summed E-state index contributed by atoms with van der Waals surface area (Å²) in [5.41, 5.74) is 1.37. The molecule has 20 heavy (non-hydrogen) atoms. The predicted molar refractivity (Wildman–Crippen MR) is 93.7 cm³/mol. The van der Waals surface area contributed by atoms with Crippen molar-refractivity contribution in [1.29, 1.82) is 0 Å². The molecule has 1 aromatic carbocycles. The van der Waals surface area contributed by atoms with Gasteiger partial charge < -0.3 is 5.32 Å². The minimum atomic E-state index is -1.17. The van der Waals surface area contributed by atoms with Crippen molar-refractivity contribution in [3.63, 3.8) is 0 Å². The highest BCUT2D eigenvalue weighted by Crippen LogP contribution is 2.22. The number of aryl methyl sites for hydroxylation is 1. The van der Waals surface area contributed by atoms with Gasteiger partial charge in [-0.25, -0.2) is 0 Å². The van der Waals surface area contributed by atoms with Crippen LogP contribution in [0, 0.1) is 6.92 Å². The maximum Gasteiger partial charge on any atom is 0.0775 e. The third-order valence-electron chi connectivity index (χ3n) is 3.62. The smallest absolute Gasteiger partial charge is 0.0775 e. The van der Waals surface area contributed by atoms with E-state index < -0.39 is 8.07 Å². The Morgan fingerprint density at radius 2 is 1.70 bits per heavy atom. The summed E-state index contributed by atoms with van der Waals surface area (Å²) in [5, 5.41) is 5.14. The number of rotatable bonds is 5. The predicted octanol–water partition coefficient (Wildman–Crippen LogP) is 4.45. The van der Waals surface area contributed by atoms with Gasteiger partial charge in [-0.15, -0.1) is 11.3 Å². The fraction of sp³-hybridized carbons (Fsp3) is 0.412. The molecule has 3 heteroatoms. The summed E-state index contributed by atoms with van der Waals surface area (Å²) < 4.78 is 0. The molecule has 0 aliphatic rings. The average Bonchev–Trinajstić information content (AvgIpc) is 2.82. The number of thiophene rings is 1. The Balaban J connectivity index is 1.94. The molecule has 1 nitrogen and oxygen atoms in total. The van der Waals surface area contributed by atoms with E-state index in [0.29, 0.717) is 6.04 Å². The van der Waals surface area contributed by atoms with E-state index in [-0.39, 0.29) is 0 Å². The highest BCUT2D eigenvalue weighted by atomic mass is 32.1. The van der Waals surface area contributed by atoms with Crippen LogP contribution in [0.5, 0.6) is 0 Å². The molecule has 0 fully saturated rings. The van der Waals surface area contributed by atoms with Gasteiger partial charge in [0, 0.05) is 22.3 Å². The Morgan fingerprint density at radius 1 is 1.05 bits per heavy atom. The first-order valence-electron chi connectivity index (χ1n) is 7.25. The van der Waals surface area contributed by atoms with Crippen LogP contribution in [-0.4, -0.2) is 8.07 Å². The first kappa shape index (κ1) is 15.5. The lowest BCUT2D eigenvalue weighted by molar-refractivity contribution is 0.583. The molecule has 2 aromatic rings. The zero-order chi connectivity index (χ0) is 14.8. The summed E-state index contributed by atoms with van der Waals surface area (Å²) >= 11 is 1.88. The Bertz CT molecular complexity index is 551. The molecule has 1 N–H and O–H groups in total. The van der Waals surface area contributed by atoms with Crippen LogP contribution >= 0.6 is 11.3 Å². The van der Waals surface area contributed by atoms with Gasteiger partial charge in [-0.1, -0.05) is 49.1 Å². The molecular weight excluding hydrogens is 278 g/mol. The molecular formula is C17H25NSSi. The van der Waals surface area contributed by atoms with Crippen LogP contribution in [0.25, 0.3) is 0 Å². The van der Waals surface area contributed by atoms with Gasteiger partial charge in [0.15, 0.2) is 0 Å². The van der Waals surface area contributed by atoms with Crippen molar-refractivity contribution in [2.75, 3.05) is 0 Å². The zero-order valence-electron chi connectivity index (χ0n) is 13.2. The first-order chi connectivity index (χ1) is 9.36. The van der Waals surface area contributed by atoms with Crippen molar-refractivity contribution in [2.24, 2.45) is 0 Å². The van der Waals surface area contributed by atoms with Crippen LogP contribution in [0.3, 0.4) is 0 Å². The molecule has 0 saturated heterocycles. The highest BCUT2D eigenvalue weighted by molar-refractivity contribution is 7.12. The van der Waals surface area contributed by atoms with E-state index in [9.17, 15) is 0 Å². The second-order valence-electron chi connectivity index (χ2n) is 6.50. The molecule has 0 bridgehead atoms. The van der Waals surface area contributed by atoms with Gasteiger partial charge >= 0.3 is 0 Å². The summed E-state index contributed by atoms with van der Waals surface area (Å²) in [6, 6.07) is 14.0. The molecule has 1 heterocycles. The van der Waals surface area contributed by atoms with Crippen molar-refractivity contribution in [2.45, 2.75) is 46.1 Å². The van der Waals surface area contributed by atoms with Crippen LogP contribution in [0.4, 0.5) is 0 Å². The lowest BCUT2D eigenvalue weighted by Gasteiger charge is -2.17. The van der Waals surface area contributed by atoms with Crippen molar-refractivity contribution in [3.8, 4) is 0 Å². The van der Waals surface area contributed by atoms with E-state index in [1.54, 1.807) is 0 Å². The number of nitrogens with one attached hydrogen (secondary N) is 1. The normalized spacial score (nSPS) is 13.4. The van der Waals surface area contributed by atoms with Crippen LogP contribution in [0.1, 0.15) is 28.3 Å². The van der Waals surface area contributed by atoms with Gasteiger partial charge in [0.1, 0.15) is 0 Å². The third kappa shape index (κ3) is 4.04. The largest absolute Gasteiger partial charge is 0.305 e. The standard InChI is InChI=1S/C17H25NSSi/c1-13-6-11-17(19-13)14(2)18-12-15-7-9-16(10-8-15)20(3,4)5/h6-11,14,18H,12H2,1-5H3. The summed E-state index contributed by atoms with van der Waals surface area (Å²) in [7, 11) is -1.17. The van der Waals surface area contributed by atoms with Gasteiger partial charge in [0.05, 0.1) is 8.07 Å². The Morgan fingerprint density at radius 3 is 2.20 bits per heavy atom. The molecule has 2 rings (SSSR count). The summed E-state index contributed by atoms with van der Waals surface area (Å²) in [6.07, 6.45) is 0. The molecule has 0 radical (unpaired) electrons. The topological polar surface area (TPSA) is 12.0 Å². The highest BCUT2D eigenvalue weighted by Gasteiger charge is 2.15. The molecule has 0 aliphatic heterocycles. The van der Waals surface area contributed by atoms with Crippen LogP contribution in [-0.2, 0) is 6.54 Å². The second kappa shape index (κ2) is 6.25. The van der Waals surface area contributed by atoms with Gasteiger partial charge in [0.2, 0.25) is 0 Å². The number of hydrogen-bond donors (Lipinski definition) is 1. The van der Waals surface area contributed by atoms with E-state index in [2.05, 4.69) is 75.2 Å². The maximum absolute atomic E-state index is 3.61. The van der Waals surface area contributed by atoms with Crippen LogP contribution in [0.15, 0.2) is 36.4 Å². The third-order valence-corrected chi connectivity index (χ3v) is 6.87. The fourth-order valence-corrected chi connectivity index (χ4v) is 4.25. The average molecular weight is 304 g/mol. The Hall–Kier alpha value is -0.903. The van der Waals surface area contributed by atoms with Crippen molar-refractivity contribution >= 4 is 24.6 Å². The minimum Gasteiger partial charge on any atom is -0.305 e. The van der Waals surface area contributed by atoms with E-state index in [4.69, 9.17) is 0 Å². The van der Waals surface area contributed by atoms with E-state index in [1.807, 2.05) is 11.3 Å². The van der Waals surface area contributed by atoms with Crippen LogP contribution in [0.2, 0.25) is 19.6 Å². The van der Waals surface area contributed by atoms with Gasteiger partial charge in [-0.2, -0.15) is 0 Å². The van der Waals surface area contributed by atoms with Gasteiger partial charge in [0.25, 0.3) is 0 Å². The lowest BCUT2D eigenvalue weighted by Crippen LogP contribution is -2.37. The molecule has 1 aromatic heterocycles. The summed E-state index contributed by atoms with van der Waals surface area (Å²) in [5.74, 6) is 0. The second-order valence-corrected chi connectivity index (χ2v) is 12.9. The SMILES string of the molecule is Cc1ccc(C(C)NCc2ccc([Si](C)(C)C)cc2)s1. The zero-order valence-corrected chi connectivity index (χ0v) is 15.0. The molecule has 0 aliphatic carbocycles. The number of hydrogen-bond acceptors (Lipinski definition) is 2. The van der Waals surface area contributed by atoms with Gasteiger partial charge in [-0.3, -0.25) is 0 Å². The summed E-state index contributed by atoms with van der Waals surface area (Å²) in [6.45, 7) is 12.5. The number of benzene rings is 1. The van der Waals surface area contributed by atoms with Crippen molar-refractivity contribution in [3.05, 3.63) is 51.7 Å². The fourth-order valence-electron chi connectivity index (χ4n) is 2.18. The van der Waals surface area contributed by atoms with Crippen molar-refractivity contribution in [1.82, 2.24) is 5.32 Å². The summed E-state index contributed by atoms with van der Waals surface area (Å²) in [4.78, 5) is 2.80. The molecule has 1 atom stereocenters.